The smallest absolute Gasteiger partial charge is 0.211 e. The Morgan fingerprint density at radius 3 is 2.41 bits per heavy atom. The minimum atomic E-state index is -3.18. The summed E-state index contributed by atoms with van der Waals surface area (Å²) >= 11 is 3.46. The molecule has 0 aliphatic carbocycles. The molecule has 1 aromatic rings. The Morgan fingerprint density at radius 1 is 1.35 bits per heavy atom. The third kappa shape index (κ3) is 3.79. The lowest BCUT2D eigenvalue weighted by molar-refractivity contribution is 0.344. The van der Waals surface area contributed by atoms with Gasteiger partial charge in [0.1, 0.15) is 0 Å². The number of halogens is 1. The molecule has 0 radical (unpaired) electrons. The molecule has 0 aromatic heterocycles. The standard InChI is InChI=1S/C12H18BrNO2S/c1-4-9-14(17(3,15)16)10(2)11-7-5-6-8-12(11)13/h5-8,10H,4,9H2,1-3H3. The zero-order valence-electron chi connectivity index (χ0n) is 10.4. The first-order valence-corrected chi connectivity index (χ1v) is 8.23. The van der Waals surface area contributed by atoms with Crippen LogP contribution in [0.1, 0.15) is 31.9 Å². The first-order valence-electron chi connectivity index (χ1n) is 5.59. The number of rotatable bonds is 5. The molecule has 0 heterocycles. The van der Waals surface area contributed by atoms with Crippen LogP contribution in [0, 0.1) is 0 Å². The number of hydrogen-bond acceptors (Lipinski definition) is 2. The van der Waals surface area contributed by atoms with Crippen molar-refractivity contribution in [2.24, 2.45) is 0 Å². The monoisotopic (exact) mass is 319 g/mol. The predicted octanol–water partition coefficient (Wildman–Crippen LogP) is 3.18. The highest BCUT2D eigenvalue weighted by Gasteiger charge is 2.24. The van der Waals surface area contributed by atoms with Crippen LogP contribution in [0.25, 0.3) is 0 Å². The first kappa shape index (κ1) is 14.7. The maximum atomic E-state index is 11.8. The molecule has 1 atom stereocenters. The highest BCUT2D eigenvalue weighted by Crippen LogP contribution is 2.28. The molecule has 5 heteroatoms. The van der Waals surface area contributed by atoms with E-state index >= 15 is 0 Å². The Labute approximate surface area is 112 Å². The normalized spacial score (nSPS) is 13.9. The van der Waals surface area contributed by atoms with E-state index < -0.39 is 10.0 Å². The van der Waals surface area contributed by atoms with Crippen LogP contribution < -0.4 is 0 Å². The molecule has 0 N–H and O–H groups in total. The van der Waals surface area contributed by atoms with Gasteiger partial charge in [0.25, 0.3) is 0 Å². The molecule has 17 heavy (non-hydrogen) atoms. The second-order valence-electron chi connectivity index (χ2n) is 4.07. The summed E-state index contributed by atoms with van der Waals surface area (Å²) in [5.74, 6) is 0. The Bertz CT molecular complexity index is 473. The lowest BCUT2D eigenvalue weighted by Gasteiger charge is -2.27. The van der Waals surface area contributed by atoms with Gasteiger partial charge in [-0.3, -0.25) is 0 Å². The molecule has 0 aliphatic heterocycles. The van der Waals surface area contributed by atoms with Crippen molar-refractivity contribution in [3.8, 4) is 0 Å². The van der Waals surface area contributed by atoms with E-state index in [0.717, 1.165) is 16.5 Å². The van der Waals surface area contributed by atoms with Gasteiger partial charge in [-0.1, -0.05) is 41.1 Å². The van der Waals surface area contributed by atoms with Crippen LogP contribution in [0.5, 0.6) is 0 Å². The topological polar surface area (TPSA) is 37.4 Å². The molecule has 1 unspecified atom stereocenters. The lowest BCUT2D eigenvalue weighted by Crippen LogP contribution is -2.33. The molecule has 96 valence electrons. The molecular formula is C12H18BrNO2S. The van der Waals surface area contributed by atoms with E-state index in [2.05, 4.69) is 15.9 Å². The minimum absolute atomic E-state index is 0.152. The van der Waals surface area contributed by atoms with E-state index in [1.807, 2.05) is 38.1 Å². The molecule has 1 rings (SSSR count). The Balaban J connectivity index is 3.09. The van der Waals surface area contributed by atoms with Gasteiger partial charge in [-0.25, -0.2) is 8.42 Å². The van der Waals surface area contributed by atoms with Crippen molar-refractivity contribution in [1.82, 2.24) is 4.31 Å². The summed E-state index contributed by atoms with van der Waals surface area (Å²) in [6.07, 6.45) is 2.07. The van der Waals surface area contributed by atoms with Crippen molar-refractivity contribution in [1.29, 1.82) is 0 Å². The number of nitrogens with zero attached hydrogens (tertiary/aromatic N) is 1. The van der Waals surface area contributed by atoms with Crippen LogP contribution in [0.2, 0.25) is 0 Å². The third-order valence-electron chi connectivity index (χ3n) is 2.66. The molecule has 0 saturated heterocycles. The summed E-state index contributed by atoms with van der Waals surface area (Å²) in [5, 5.41) is 0. The lowest BCUT2D eigenvalue weighted by atomic mass is 10.1. The van der Waals surface area contributed by atoms with Crippen LogP contribution in [0.4, 0.5) is 0 Å². The summed E-state index contributed by atoms with van der Waals surface area (Å²) in [7, 11) is -3.18. The summed E-state index contributed by atoms with van der Waals surface area (Å²) < 4.78 is 26.0. The Kier molecular flexibility index (Phi) is 5.16. The molecule has 0 spiro atoms. The van der Waals surface area contributed by atoms with Gasteiger partial charge in [-0.05, 0) is 25.0 Å². The van der Waals surface area contributed by atoms with E-state index in [1.165, 1.54) is 10.6 Å². The molecule has 1 aromatic carbocycles. The molecule has 3 nitrogen and oxygen atoms in total. The number of hydrogen-bond donors (Lipinski definition) is 0. The van der Waals surface area contributed by atoms with Gasteiger partial charge in [-0.15, -0.1) is 0 Å². The molecule has 0 fully saturated rings. The van der Waals surface area contributed by atoms with Crippen molar-refractivity contribution in [3.63, 3.8) is 0 Å². The molecule has 0 amide bonds. The summed E-state index contributed by atoms with van der Waals surface area (Å²) in [5.41, 5.74) is 0.992. The van der Waals surface area contributed by atoms with E-state index in [-0.39, 0.29) is 6.04 Å². The summed E-state index contributed by atoms with van der Waals surface area (Å²) in [6.45, 7) is 4.43. The Morgan fingerprint density at radius 2 is 1.94 bits per heavy atom. The van der Waals surface area contributed by atoms with Crippen LogP contribution >= 0.6 is 15.9 Å². The maximum absolute atomic E-state index is 11.8. The van der Waals surface area contributed by atoms with Crippen molar-refractivity contribution in [3.05, 3.63) is 34.3 Å². The van der Waals surface area contributed by atoms with Crippen LogP contribution in [0.15, 0.2) is 28.7 Å². The van der Waals surface area contributed by atoms with E-state index in [1.54, 1.807) is 0 Å². The van der Waals surface area contributed by atoms with Gasteiger partial charge in [0, 0.05) is 17.1 Å². The SMILES string of the molecule is CCCN(C(C)c1ccccc1Br)S(C)(=O)=O. The van der Waals surface area contributed by atoms with Crippen molar-refractivity contribution in [2.75, 3.05) is 12.8 Å². The zero-order chi connectivity index (χ0) is 13.1. The Hall–Kier alpha value is -0.390. The van der Waals surface area contributed by atoms with Crippen LogP contribution in [-0.4, -0.2) is 25.5 Å². The maximum Gasteiger partial charge on any atom is 0.211 e. The molecule has 0 aliphatic rings. The predicted molar refractivity (Wildman–Crippen MR) is 74.4 cm³/mol. The second kappa shape index (κ2) is 5.98. The molecule has 0 bridgehead atoms. The van der Waals surface area contributed by atoms with Gasteiger partial charge < -0.3 is 0 Å². The zero-order valence-corrected chi connectivity index (χ0v) is 12.8. The van der Waals surface area contributed by atoms with Gasteiger partial charge in [0.05, 0.1) is 6.26 Å². The fraction of sp³-hybridized carbons (Fsp3) is 0.500. The van der Waals surface area contributed by atoms with Crippen molar-refractivity contribution >= 4 is 26.0 Å². The number of benzene rings is 1. The van der Waals surface area contributed by atoms with E-state index in [9.17, 15) is 8.42 Å². The fourth-order valence-corrected chi connectivity index (χ4v) is 3.65. The van der Waals surface area contributed by atoms with Crippen LogP contribution in [-0.2, 0) is 10.0 Å². The fourth-order valence-electron chi connectivity index (χ4n) is 1.84. The quantitative estimate of drug-likeness (QED) is 0.835. The molecular weight excluding hydrogens is 302 g/mol. The van der Waals surface area contributed by atoms with E-state index in [4.69, 9.17) is 0 Å². The highest BCUT2D eigenvalue weighted by molar-refractivity contribution is 9.10. The summed E-state index contributed by atoms with van der Waals surface area (Å²) in [4.78, 5) is 0. The van der Waals surface area contributed by atoms with Crippen LogP contribution in [0.3, 0.4) is 0 Å². The second-order valence-corrected chi connectivity index (χ2v) is 6.86. The van der Waals surface area contributed by atoms with Crippen molar-refractivity contribution < 1.29 is 8.42 Å². The van der Waals surface area contributed by atoms with Crippen molar-refractivity contribution in [2.45, 2.75) is 26.3 Å². The average Bonchev–Trinajstić information content (AvgIpc) is 2.24. The van der Waals surface area contributed by atoms with Gasteiger partial charge in [-0.2, -0.15) is 4.31 Å². The summed E-state index contributed by atoms with van der Waals surface area (Å²) in [6, 6.07) is 7.56. The average molecular weight is 320 g/mol. The minimum Gasteiger partial charge on any atom is -0.212 e. The van der Waals surface area contributed by atoms with Gasteiger partial charge in [0.2, 0.25) is 10.0 Å². The molecule has 0 saturated carbocycles. The largest absolute Gasteiger partial charge is 0.212 e. The third-order valence-corrected chi connectivity index (χ3v) is 4.73. The highest BCUT2D eigenvalue weighted by atomic mass is 79.9. The van der Waals surface area contributed by atoms with Gasteiger partial charge in [0.15, 0.2) is 0 Å². The number of sulfonamides is 1. The van der Waals surface area contributed by atoms with E-state index in [0.29, 0.717) is 6.54 Å². The van der Waals surface area contributed by atoms with Gasteiger partial charge >= 0.3 is 0 Å². The first-order chi connectivity index (χ1) is 7.88.